The Kier molecular flexibility index (Phi) is 3.61. The normalized spacial score (nSPS) is 16.3. The molecule has 1 aromatic rings. The maximum Gasteiger partial charge on any atom is 0.164 e. The zero-order valence-corrected chi connectivity index (χ0v) is 10.3. The van der Waals surface area contributed by atoms with E-state index in [1.807, 2.05) is 52.8 Å². The quantitative estimate of drug-likeness (QED) is 0.649. The van der Waals surface area contributed by atoms with Crippen LogP contribution in [0.5, 0.6) is 11.5 Å². The maximum absolute atomic E-state index is 5.78. The molecule has 2 heteroatoms. The second kappa shape index (κ2) is 4.56. The van der Waals surface area contributed by atoms with Gasteiger partial charge in [0.2, 0.25) is 0 Å². The van der Waals surface area contributed by atoms with Gasteiger partial charge >= 0.3 is 0 Å². The molecule has 1 aliphatic heterocycles. The molecule has 0 radical (unpaired) electrons. The number of para-hydroxylation sites is 1. The molecule has 0 amide bonds. The molecule has 0 unspecified atom stereocenters. The predicted molar refractivity (Wildman–Crippen MR) is 62.7 cm³/mol. The first kappa shape index (κ1) is 11.9. The van der Waals surface area contributed by atoms with Crippen LogP contribution in [0.1, 0.15) is 33.3 Å². The minimum absolute atomic E-state index is 0.208. The molecule has 84 valence electrons. The second-order valence-electron chi connectivity index (χ2n) is 4.05. The largest absolute Gasteiger partial charge is 0.485 e. The standard InChI is InChI=1S/C11H14O2.C2H6/c1-8-5-4-6-9-10(8)12-7-11(2,3)13-9;1-2/h4-6H,7H2,1-3H3;1-2H3. The van der Waals surface area contributed by atoms with Crippen molar-refractivity contribution >= 4 is 0 Å². The number of fused-ring (bicyclic) bond motifs is 1. The first-order valence-corrected chi connectivity index (χ1v) is 5.50. The summed E-state index contributed by atoms with van der Waals surface area (Å²) in [6, 6.07) is 5.96. The summed E-state index contributed by atoms with van der Waals surface area (Å²) in [4.78, 5) is 0. The summed E-state index contributed by atoms with van der Waals surface area (Å²) in [5.41, 5.74) is 0.925. The van der Waals surface area contributed by atoms with Crippen molar-refractivity contribution < 1.29 is 9.47 Å². The molecule has 1 aromatic carbocycles. The van der Waals surface area contributed by atoms with Crippen LogP contribution in [0, 0.1) is 6.92 Å². The van der Waals surface area contributed by atoms with Crippen LogP contribution in [-0.4, -0.2) is 12.2 Å². The van der Waals surface area contributed by atoms with Gasteiger partial charge in [-0.05, 0) is 32.4 Å². The molecule has 0 aromatic heterocycles. The molecule has 2 rings (SSSR count). The van der Waals surface area contributed by atoms with Crippen molar-refractivity contribution in [3.8, 4) is 11.5 Å². The lowest BCUT2D eigenvalue weighted by Gasteiger charge is -2.33. The van der Waals surface area contributed by atoms with E-state index in [1.54, 1.807) is 0 Å². The van der Waals surface area contributed by atoms with Crippen LogP contribution in [0.25, 0.3) is 0 Å². The number of hydrogen-bond donors (Lipinski definition) is 0. The Labute approximate surface area is 92.2 Å². The topological polar surface area (TPSA) is 18.5 Å². The molecular formula is C13H20O2. The molecule has 0 saturated carbocycles. The average molecular weight is 208 g/mol. The maximum atomic E-state index is 5.78. The number of rotatable bonds is 0. The van der Waals surface area contributed by atoms with E-state index in [4.69, 9.17) is 9.47 Å². The summed E-state index contributed by atoms with van der Waals surface area (Å²) in [6.07, 6.45) is 0. The molecule has 1 aliphatic rings. The van der Waals surface area contributed by atoms with Crippen molar-refractivity contribution in [2.24, 2.45) is 0 Å². The number of ether oxygens (including phenoxy) is 2. The molecule has 0 atom stereocenters. The van der Waals surface area contributed by atoms with Crippen LogP contribution < -0.4 is 9.47 Å². The van der Waals surface area contributed by atoms with Crippen LogP contribution in [0.3, 0.4) is 0 Å². The number of aryl methyl sites for hydroxylation is 1. The highest BCUT2D eigenvalue weighted by molar-refractivity contribution is 5.47. The lowest BCUT2D eigenvalue weighted by molar-refractivity contribution is 0.0208. The molecule has 0 spiro atoms. The summed E-state index contributed by atoms with van der Waals surface area (Å²) in [6.45, 7) is 10.7. The lowest BCUT2D eigenvalue weighted by Crippen LogP contribution is -2.38. The van der Waals surface area contributed by atoms with Gasteiger partial charge in [-0.3, -0.25) is 0 Å². The molecule has 2 nitrogen and oxygen atoms in total. The third-order valence-corrected chi connectivity index (χ3v) is 2.13. The fraction of sp³-hybridized carbons (Fsp3) is 0.538. The van der Waals surface area contributed by atoms with Crippen LogP contribution in [0.2, 0.25) is 0 Å². The van der Waals surface area contributed by atoms with Crippen molar-refractivity contribution in [2.45, 2.75) is 40.2 Å². The van der Waals surface area contributed by atoms with E-state index < -0.39 is 0 Å². The minimum Gasteiger partial charge on any atom is -0.485 e. The fourth-order valence-corrected chi connectivity index (χ4v) is 1.46. The van der Waals surface area contributed by atoms with Crippen LogP contribution in [0.15, 0.2) is 18.2 Å². The zero-order chi connectivity index (χ0) is 11.5. The molecule has 0 aliphatic carbocycles. The monoisotopic (exact) mass is 208 g/mol. The fourth-order valence-electron chi connectivity index (χ4n) is 1.46. The van der Waals surface area contributed by atoms with Gasteiger partial charge in [0, 0.05) is 0 Å². The van der Waals surface area contributed by atoms with Crippen molar-refractivity contribution in [2.75, 3.05) is 6.61 Å². The van der Waals surface area contributed by atoms with Gasteiger partial charge in [0.25, 0.3) is 0 Å². The Bertz CT molecular complexity index is 329. The highest BCUT2D eigenvalue weighted by Gasteiger charge is 2.28. The summed E-state index contributed by atoms with van der Waals surface area (Å²) in [7, 11) is 0. The second-order valence-corrected chi connectivity index (χ2v) is 4.05. The summed E-state index contributed by atoms with van der Waals surface area (Å²) in [5.74, 6) is 1.75. The SMILES string of the molecule is CC.Cc1cccc2c1OCC(C)(C)O2. The van der Waals surface area contributed by atoms with E-state index >= 15 is 0 Å². The third kappa shape index (κ3) is 2.65. The molecule has 0 saturated heterocycles. The first-order valence-electron chi connectivity index (χ1n) is 5.50. The van der Waals surface area contributed by atoms with Crippen molar-refractivity contribution in [3.05, 3.63) is 23.8 Å². The Morgan fingerprint density at radius 2 is 1.87 bits per heavy atom. The van der Waals surface area contributed by atoms with Crippen LogP contribution in [0.4, 0.5) is 0 Å². The highest BCUT2D eigenvalue weighted by Crippen LogP contribution is 2.37. The van der Waals surface area contributed by atoms with Crippen molar-refractivity contribution in [1.82, 2.24) is 0 Å². The van der Waals surface area contributed by atoms with E-state index in [-0.39, 0.29) is 5.60 Å². The van der Waals surface area contributed by atoms with Crippen molar-refractivity contribution in [1.29, 1.82) is 0 Å². The Morgan fingerprint density at radius 1 is 1.20 bits per heavy atom. The molecular weight excluding hydrogens is 188 g/mol. The predicted octanol–water partition coefficient (Wildman–Crippen LogP) is 3.57. The number of benzene rings is 1. The van der Waals surface area contributed by atoms with Gasteiger partial charge in [0.05, 0.1) is 0 Å². The molecule has 0 bridgehead atoms. The van der Waals surface area contributed by atoms with E-state index in [1.165, 1.54) is 0 Å². The Balaban J connectivity index is 0.000000531. The van der Waals surface area contributed by atoms with Gasteiger partial charge < -0.3 is 9.47 Å². The zero-order valence-electron chi connectivity index (χ0n) is 10.3. The molecule has 0 fully saturated rings. The van der Waals surface area contributed by atoms with E-state index in [2.05, 4.69) is 0 Å². The molecule has 0 N–H and O–H groups in total. The Morgan fingerprint density at radius 3 is 2.53 bits per heavy atom. The number of hydrogen-bond acceptors (Lipinski definition) is 2. The average Bonchev–Trinajstić information content (AvgIpc) is 2.19. The summed E-state index contributed by atoms with van der Waals surface area (Å²) < 4.78 is 11.4. The third-order valence-electron chi connectivity index (χ3n) is 2.13. The van der Waals surface area contributed by atoms with Gasteiger partial charge in [-0.2, -0.15) is 0 Å². The van der Waals surface area contributed by atoms with Gasteiger partial charge in [-0.1, -0.05) is 26.0 Å². The summed E-state index contributed by atoms with van der Waals surface area (Å²) >= 11 is 0. The van der Waals surface area contributed by atoms with Crippen LogP contribution in [-0.2, 0) is 0 Å². The van der Waals surface area contributed by atoms with Crippen LogP contribution >= 0.6 is 0 Å². The highest BCUT2D eigenvalue weighted by atomic mass is 16.6. The molecule has 15 heavy (non-hydrogen) atoms. The summed E-state index contributed by atoms with van der Waals surface area (Å²) in [5, 5.41) is 0. The lowest BCUT2D eigenvalue weighted by atomic mass is 10.1. The van der Waals surface area contributed by atoms with Gasteiger partial charge in [-0.25, -0.2) is 0 Å². The van der Waals surface area contributed by atoms with Gasteiger partial charge in [0.1, 0.15) is 12.2 Å². The smallest absolute Gasteiger partial charge is 0.164 e. The van der Waals surface area contributed by atoms with E-state index in [0.717, 1.165) is 17.1 Å². The van der Waals surface area contributed by atoms with Gasteiger partial charge in [0.15, 0.2) is 11.5 Å². The Hall–Kier alpha value is -1.18. The molecule has 1 heterocycles. The van der Waals surface area contributed by atoms with E-state index in [0.29, 0.717) is 6.61 Å². The van der Waals surface area contributed by atoms with E-state index in [9.17, 15) is 0 Å². The minimum atomic E-state index is -0.208. The first-order chi connectivity index (χ1) is 7.08. The van der Waals surface area contributed by atoms with Gasteiger partial charge in [-0.15, -0.1) is 0 Å². The van der Waals surface area contributed by atoms with Crippen molar-refractivity contribution in [3.63, 3.8) is 0 Å².